The first-order valence-corrected chi connectivity index (χ1v) is 12.4. The van der Waals surface area contributed by atoms with Gasteiger partial charge in [-0.25, -0.2) is 9.59 Å². The highest BCUT2D eigenvalue weighted by atomic mass is 32.2. The molecule has 1 fully saturated rings. The lowest BCUT2D eigenvalue weighted by atomic mass is 10.0. The molecular weight excluding hydrogens is 536 g/mol. The van der Waals surface area contributed by atoms with Crippen LogP contribution in [0.15, 0.2) is 58.3 Å². The summed E-state index contributed by atoms with van der Waals surface area (Å²) < 4.78 is 9.83. The number of aromatic hydroxyl groups is 1. The van der Waals surface area contributed by atoms with Crippen LogP contribution in [-0.4, -0.2) is 74.6 Å². The molecule has 2 aliphatic heterocycles. The number of β-lactam (4-membered cyclic amide) rings is 1. The predicted molar refractivity (Wildman–Crippen MR) is 132 cm³/mol. The quantitative estimate of drug-likeness (QED) is 0.222. The number of fused-ring (bicyclic) bond motifs is 1. The zero-order chi connectivity index (χ0) is 28.3. The molecule has 3 atom stereocenters. The Hall–Kier alpha value is -4.79. The SMILES string of the molecule is CC(=O)OCC1=C(C(=O)O)N2C(=O)[C@@H](NC(=O)C(NC(=O)NC(=O)c3ccco3)c3ccc(O)cc3)[C@H]2SC1. The van der Waals surface area contributed by atoms with Gasteiger partial charge in [0.25, 0.3) is 11.8 Å². The minimum Gasteiger partial charge on any atom is -0.508 e. The highest BCUT2D eigenvalue weighted by Gasteiger charge is 2.54. The van der Waals surface area contributed by atoms with Crippen molar-refractivity contribution in [2.24, 2.45) is 0 Å². The molecule has 14 nitrogen and oxygen atoms in total. The number of phenols is 1. The third-order valence-electron chi connectivity index (χ3n) is 5.73. The van der Waals surface area contributed by atoms with Crippen molar-refractivity contribution in [1.29, 1.82) is 0 Å². The number of nitrogens with zero attached hydrogens (tertiary/aromatic N) is 1. The third-order valence-corrected chi connectivity index (χ3v) is 7.07. The molecule has 3 heterocycles. The Morgan fingerprint density at radius 1 is 1.18 bits per heavy atom. The van der Waals surface area contributed by atoms with Crippen molar-refractivity contribution in [3.63, 3.8) is 0 Å². The van der Waals surface area contributed by atoms with Crippen LogP contribution in [0.3, 0.4) is 0 Å². The summed E-state index contributed by atoms with van der Waals surface area (Å²) in [5.74, 6) is -4.50. The molecule has 15 heteroatoms. The molecule has 0 bridgehead atoms. The van der Waals surface area contributed by atoms with Gasteiger partial charge in [-0.2, -0.15) is 0 Å². The molecule has 39 heavy (non-hydrogen) atoms. The average molecular weight is 559 g/mol. The maximum atomic E-state index is 13.3. The van der Waals surface area contributed by atoms with Crippen LogP contribution in [0.1, 0.15) is 29.1 Å². The lowest BCUT2D eigenvalue weighted by Crippen LogP contribution is -2.71. The summed E-state index contributed by atoms with van der Waals surface area (Å²) in [5.41, 5.74) is 0.138. The number of imide groups is 1. The van der Waals surface area contributed by atoms with Crippen LogP contribution in [0, 0.1) is 0 Å². The Morgan fingerprint density at radius 3 is 2.51 bits per heavy atom. The van der Waals surface area contributed by atoms with Gasteiger partial charge in [-0.1, -0.05) is 12.1 Å². The molecule has 0 radical (unpaired) electrons. The van der Waals surface area contributed by atoms with Crippen LogP contribution >= 0.6 is 11.8 Å². The van der Waals surface area contributed by atoms with Gasteiger partial charge in [0.15, 0.2) is 5.76 Å². The van der Waals surface area contributed by atoms with Gasteiger partial charge < -0.3 is 30.0 Å². The number of ether oxygens (including phenoxy) is 1. The van der Waals surface area contributed by atoms with Gasteiger partial charge in [0.2, 0.25) is 5.91 Å². The number of carbonyl (C=O) groups excluding carboxylic acids is 5. The number of carboxylic acids is 1. The Labute approximate surface area is 224 Å². The summed E-state index contributed by atoms with van der Waals surface area (Å²) in [6.07, 6.45) is 1.24. The zero-order valence-corrected chi connectivity index (χ0v) is 21.0. The molecule has 1 aromatic carbocycles. The molecule has 204 valence electrons. The van der Waals surface area contributed by atoms with Crippen LogP contribution in [0.2, 0.25) is 0 Å². The first kappa shape index (κ1) is 27.3. The second kappa shape index (κ2) is 11.3. The van der Waals surface area contributed by atoms with E-state index in [0.717, 1.165) is 4.90 Å². The number of nitrogens with one attached hydrogen (secondary N) is 3. The molecular formula is C24H22N4O10S. The lowest BCUT2D eigenvalue weighted by molar-refractivity contribution is -0.151. The molecule has 2 aromatic rings. The van der Waals surface area contributed by atoms with Crippen molar-refractivity contribution in [2.45, 2.75) is 24.4 Å². The van der Waals surface area contributed by atoms with Crippen molar-refractivity contribution in [2.75, 3.05) is 12.4 Å². The fourth-order valence-electron chi connectivity index (χ4n) is 3.93. The Balaban J connectivity index is 1.49. The second-order valence-electron chi connectivity index (χ2n) is 8.36. The van der Waals surface area contributed by atoms with Gasteiger partial charge >= 0.3 is 18.0 Å². The van der Waals surface area contributed by atoms with Gasteiger partial charge in [0.05, 0.1) is 6.26 Å². The number of hydrogen-bond acceptors (Lipinski definition) is 10. The lowest BCUT2D eigenvalue weighted by Gasteiger charge is -2.49. The zero-order valence-electron chi connectivity index (χ0n) is 20.2. The van der Waals surface area contributed by atoms with Gasteiger partial charge in [-0.15, -0.1) is 11.8 Å². The van der Waals surface area contributed by atoms with Crippen molar-refractivity contribution < 1.29 is 48.1 Å². The van der Waals surface area contributed by atoms with Crippen molar-refractivity contribution in [3.8, 4) is 5.75 Å². The third kappa shape index (κ3) is 5.87. The standard InChI is InChI=1S/C24H22N4O10S/c1-11(29)38-9-13-10-39-22-17(21(33)28(22)18(13)23(34)35)25-20(32)16(12-4-6-14(30)7-5-12)26-24(36)27-19(31)15-3-2-8-37-15/h2-8,16-17,22,30H,9-10H2,1H3,(H,25,32)(H,34,35)(H2,26,27,31,36)/t16?,17-,22-/m1/s1. The van der Waals surface area contributed by atoms with E-state index < -0.39 is 53.1 Å². The number of urea groups is 1. The van der Waals surface area contributed by atoms with Crippen LogP contribution in [-0.2, 0) is 23.9 Å². The number of hydrogen-bond donors (Lipinski definition) is 5. The fraction of sp³-hybridized carbons (Fsp3) is 0.250. The average Bonchev–Trinajstić information content (AvgIpc) is 3.44. The van der Waals surface area contributed by atoms with Gasteiger partial charge in [0, 0.05) is 18.2 Å². The van der Waals surface area contributed by atoms with E-state index in [0.29, 0.717) is 0 Å². The Kier molecular flexibility index (Phi) is 7.90. The summed E-state index contributed by atoms with van der Waals surface area (Å²) in [6, 6.07) is 4.52. The van der Waals surface area contributed by atoms with Crippen molar-refractivity contribution in [3.05, 3.63) is 65.3 Å². The molecule has 1 aromatic heterocycles. The monoisotopic (exact) mass is 558 g/mol. The van der Waals surface area contributed by atoms with Crippen LogP contribution < -0.4 is 16.0 Å². The maximum absolute atomic E-state index is 13.3. The highest BCUT2D eigenvalue weighted by Crippen LogP contribution is 2.40. The van der Waals surface area contributed by atoms with E-state index in [1.165, 1.54) is 61.3 Å². The first-order chi connectivity index (χ1) is 18.6. The highest BCUT2D eigenvalue weighted by molar-refractivity contribution is 8.00. The van der Waals surface area contributed by atoms with E-state index in [2.05, 4.69) is 10.6 Å². The number of thioether (sulfide) groups is 1. The number of aliphatic carboxylic acids is 1. The molecule has 0 aliphatic carbocycles. The normalized spacial score (nSPS) is 18.8. The number of carbonyl (C=O) groups is 6. The van der Waals surface area contributed by atoms with Crippen molar-refractivity contribution in [1.82, 2.24) is 20.9 Å². The fourth-order valence-corrected chi connectivity index (χ4v) is 5.25. The van der Waals surface area contributed by atoms with E-state index in [1.54, 1.807) is 0 Å². The number of rotatable bonds is 8. The van der Waals surface area contributed by atoms with E-state index in [4.69, 9.17) is 9.15 Å². The number of esters is 1. The molecule has 0 saturated carbocycles. The smallest absolute Gasteiger partial charge is 0.352 e. The second-order valence-corrected chi connectivity index (χ2v) is 9.47. The van der Waals surface area contributed by atoms with E-state index in [1.807, 2.05) is 5.32 Å². The van der Waals surface area contributed by atoms with E-state index in [-0.39, 0.29) is 40.7 Å². The molecule has 4 rings (SSSR count). The van der Waals surface area contributed by atoms with Crippen molar-refractivity contribution >= 4 is 47.5 Å². The Bertz CT molecular complexity index is 1360. The molecule has 1 saturated heterocycles. The minimum atomic E-state index is -1.40. The van der Waals surface area contributed by atoms with Gasteiger partial charge in [-0.3, -0.25) is 29.4 Å². The van der Waals surface area contributed by atoms with Gasteiger partial charge in [-0.05, 0) is 29.8 Å². The molecule has 2 aliphatic rings. The predicted octanol–water partition coefficient (Wildman–Crippen LogP) is 0.468. The molecule has 5 amide bonds. The largest absolute Gasteiger partial charge is 0.508 e. The minimum absolute atomic E-state index is 0.101. The van der Waals surface area contributed by atoms with Crippen LogP contribution in [0.4, 0.5) is 4.79 Å². The first-order valence-electron chi connectivity index (χ1n) is 11.3. The summed E-state index contributed by atoms with van der Waals surface area (Å²) in [7, 11) is 0. The Morgan fingerprint density at radius 2 is 1.90 bits per heavy atom. The number of furan rings is 1. The number of phenolic OH excluding ortho intramolecular Hbond substituents is 1. The van der Waals surface area contributed by atoms with Crippen LogP contribution in [0.5, 0.6) is 5.75 Å². The summed E-state index contributed by atoms with van der Waals surface area (Å²) in [4.78, 5) is 74.9. The molecule has 0 spiro atoms. The number of benzene rings is 1. The number of amides is 5. The summed E-state index contributed by atoms with van der Waals surface area (Å²) >= 11 is 1.17. The summed E-state index contributed by atoms with van der Waals surface area (Å²) in [5, 5.41) is 25.4. The molecule has 1 unspecified atom stereocenters. The molecule has 5 N–H and O–H groups in total. The van der Waals surface area contributed by atoms with E-state index in [9.17, 15) is 39.0 Å². The van der Waals surface area contributed by atoms with E-state index >= 15 is 0 Å². The summed E-state index contributed by atoms with van der Waals surface area (Å²) in [6.45, 7) is 0.877. The maximum Gasteiger partial charge on any atom is 0.352 e. The topological polar surface area (TPSA) is 205 Å². The number of carboxylic acid groups (broad SMARTS) is 1. The van der Waals surface area contributed by atoms with Gasteiger partial charge in [0.1, 0.15) is 35.5 Å². The van der Waals surface area contributed by atoms with Crippen LogP contribution in [0.25, 0.3) is 0 Å².